The summed E-state index contributed by atoms with van der Waals surface area (Å²) in [7, 11) is -2.68. The van der Waals surface area contributed by atoms with Crippen molar-refractivity contribution in [2.45, 2.75) is 18.2 Å². The summed E-state index contributed by atoms with van der Waals surface area (Å²) in [5.74, 6) is -0.600. The first-order valence-corrected chi connectivity index (χ1v) is 13.7. The lowest BCUT2D eigenvalue weighted by Gasteiger charge is -2.11. The summed E-state index contributed by atoms with van der Waals surface area (Å²) in [5.41, 5.74) is 4.30. The summed E-state index contributed by atoms with van der Waals surface area (Å²) in [6, 6.07) is 19.4. The van der Waals surface area contributed by atoms with E-state index in [2.05, 4.69) is 26.0 Å². The molecule has 0 radical (unpaired) electrons. The maximum Gasteiger partial charge on any atom is 0.339 e. The first-order valence-electron chi connectivity index (χ1n) is 11.4. The largest absolute Gasteiger partial charge is 0.493 e. The number of anilines is 1. The molecule has 2 amide bonds. The minimum Gasteiger partial charge on any atom is -0.493 e. The fourth-order valence-corrected chi connectivity index (χ4v) is 4.87. The van der Waals surface area contributed by atoms with E-state index < -0.39 is 16.0 Å². The molecule has 0 aliphatic heterocycles. The molecule has 0 unspecified atom stereocenters. The Morgan fingerprint density at radius 1 is 1.00 bits per heavy atom. The third-order valence-corrected chi connectivity index (χ3v) is 7.22. The highest BCUT2D eigenvalue weighted by atomic mass is 32.2. The molecule has 200 valence electrons. The predicted molar refractivity (Wildman–Crippen MR) is 146 cm³/mol. The molecule has 0 atom stereocenters. The number of hydrazone groups is 1. The van der Waals surface area contributed by atoms with Gasteiger partial charge in [0.05, 0.1) is 19.7 Å². The van der Waals surface area contributed by atoms with Gasteiger partial charge in [-0.25, -0.2) is 5.43 Å². The normalized spacial score (nSPS) is 11.2. The summed E-state index contributed by atoms with van der Waals surface area (Å²) in [5, 5.41) is 15.0. The second-order valence-corrected chi connectivity index (χ2v) is 10.7. The van der Waals surface area contributed by atoms with Crippen LogP contribution in [0.15, 0.2) is 82.8 Å². The van der Waals surface area contributed by atoms with Crippen LogP contribution in [0, 0.1) is 6.92 Å². The average molecular weight is 566 g/mol. The smallest absolute Gasteiger partial charge is 0.339 e. The highest BCUT2D eigenvalue weighted by molar-refractivity contribution is 7.87. The van der Waals surface area contributed by atoms with Crippen molar-refractivity contribution in [1.82, 2.24) is 15.6 Å². The van der Waals surface area contributed by atoms with Gasteiger partial charge in [-0.15, -0.1) is 10.2 Å². The van der Waals surface area contributed by atoms with Crippen LogP contribution in [0.3, 0.4) is 0 Å². The standard InChI is InChI=1S/C26H23N5O6S2/c1-17-8-11-20(12-9-17)39(34,35)37-21-13-10-18(14-22(21)36-2)16-27-29-23(32)15-24-30-31-26(38-24)28-25(33)19-6-4-3-5-7-19/h3-14,16H,15H2,1-2H3,(H,29,32)(H,28,31,33). The number of ether oxygens (including phenoxy) is 1. The van der Waals surface area contributed by atoms with Crippen LogP contribution in [-0.4, -0.2) is 43.8 Å². The third kappa shape index (κ3) is 7.46. The van der Waals surface area contributed by atoms with Crippen LogP contribution in [0.1, 0.15) is 26.5 Å². The van der Waals surface area contributed by atoms with Crippen LogP contribution in [0.2, 0.25) is 0 Å². The van der Waals surface area contributed by atoms with E-state index >= 15 is 0 Å². The second kappa shape index (κ2) is 12.3. The Bertz CT molecular complexity index is 1600. The van der Waals surface area contributed by atoms with E-state index in [1.807, 2.05) is 6.92 Å². The van der Waals surface area contributed by atoms with Gasteiger partial charge in [0.25, 0.3) is 5.91 Å². The molecule has 0 bridgehead atoms. The Hall–Kier alpha value is -4.62. The molecule has 4 rings (SSSR count). The first kappa shape index (κ1) is 27.4. The first-order chi connectivity index (χ1) is 18.7. The van der Waals surface area contributed by atoms with E-state index in [0.29, 0.717) is 16.1 Å². The van der Waals surface area contributed by atoms with Crippen molar-refractivity contribution >= 4 is 44.6 Å². The molecule has 3 aromatic carbocycles. The molecule has 0 aliphatic carbocycles. The Morgan fingerprint density at radius 2 is 1.74 bits per heavy atom. The summed E-state index contributed by atoms with van der Waals surface area (Å²) in [4.78, 5) is 24.5. The van der Waals surface area contributed by atoms with Gasteiger partial charge in [0.1, 0.15) is 9.90 Å². The highest BCUT2D eigenvalue weighted by Gasteiger charge is 2.19. The fraction of sp³-hybridized carbons (Fsp3) is 0.115. The van der Waals surface area contributed by atoms with Crippen molar-refractivity contribution < 1.29 is 26.9 Å². The van der Waals surface area contributed by atoms with Gasteiger partial charge in [-0.3, -0.25) is 14.9 Å². The molecule has 1 heterocycles. The maximum absolute atomic E-state index is 12.6. The zero-order valence-electron chi connectivity index (χ0n) is 20.8. The molecule has 0 spiro atoms. The molecule has 1 aromatic heterocycles. The number of rotatable bonds is 10. The monoisotopic (exact) mass is 565 g/mol. The molecule has 0 saturated carbocycles. The van der Waals surface area contributed by atoms with Crippen LogP contribution in [-0.2, 0) is 21.3 Å². The topological polar surface area (TPSA) is 149 Å². The summed E-state index contributed by atoms with van der Waals surface area (Å²) in [6.45, 7) is 1.85. The van der Waals surface area contributed by atoms with Crippen LogP contribution >= 0.6 is 11.3 Å². The Labute approximate surface area is 228 Å². The summed E-state index contributed by atoms with van der Waals surface area (Å²) in [6.07, 6.45) is 1.27. The van der Waals surface area contributed by atoms with Gasteiger partial charge in [0.2, 0.25) is 11.0 Å². The third-order valence-electron chi connectivity index (χ3n) is 5.13. The zero-order valence-corrected chi connectivity index (χ0v) is 22.5. The van der Waals surface area contributed by atoms with Gasteiger partial charge in [-0.2, -0.15) is 13.5 Å². The lowest BCUT2D eigenvalue weighted by molar-refractivity contribution is -0.120. The second-order valence-electron chi connectivity index (χ2n) is 8.05. The number of hydrogen-bond donors (Lipinski definition) is 2. The quantitative estimate of drug-likeness (QED) is 0.168. The zero-order chi connectivity index (χ0) is 27.8. The van der Waals surface area contributed by atoms with Crippen LogP contribution < -0.4 is 19.7 Å². The molecule has 2 N–H and O–H groups in total. The summed E-state index contributed by atoms with van der Waals surface area (Å²) >= 11 is 1.08. The van der Waals surface area contributed by atoms with Crippen molar-refractivity contribution in [2.24, 2.45) is 5.10 Å². The van der Waals surface area contributed by atoms with Crippen LogP contribution in [0.25, 0.3) is 0 Å². The molecular formula is C26H23N5O6S2. The average Bonchev–Trinajstić information content (AvgIpc) is 3.36. The lowest BCUT2D eigenvalue weighted by atomic mass is 10.2. The highest BCUT2D eigenvalue weighted by Crippen LogP contribution is 2.30. The van der Waals surface area contributed by atoms with Crippen molar-refractivity contribution in [3.63, 3.8) is 0 Å². The fourth-order valence-electron chi connectivity index (χ4n) is 3.19. The van der Waals surface area contributed by atoms with Crippen molar-refractivity contribution in [3.05, 3.63) is 94.5 Å². The number of carbonyl (C=O) groups excluding carboxylic acids is 2. The van der Waals surface area contributed by atoms with Crippen molar-refractivity contribution in [1.29, 1.82) is 0 Å². The molecule has 0 saturated heterocycles. The number of nitrogens with one attached hydrogen (secondary N) is 2. The Balaban J connectivity index is 1.32. The van der Waals surface area contributed by atoms with E-state index in [9.17, 15) is 18.0 Å². The van der Waals surface area contributed by atoms with Gasteiger partial charge >= 0.3 is 10.1 Å². The van der Waals surface area contributed by atoms with Gasteiger partial charge in [-0.05, 0) is 55.0 Å². The molecule has 0 fully saturated rings. The minimum atomic E-state index is -4.06. The van der Waals surface area contributed by atoms with E-state index in [1.54, 1.807) is 48.5 Å². The number of carbonyl (C=O) groups is 2. The van der Waals surface area contributed by atoms with Gasteiger partial charge in [0, 0.05) is 5.56 Å². The number of benzene rings is 3. The van der Waals surface area contributed by atoms with E-state index in [-0.39, 0.29) is 33.9 Å². The molecule has 13 heteroatoms. The minimum absolute atomic E-state index is 0.00527. The van der Waals surface area contributed by atoms with Gasteiger partial charge < -0.3 is 8.92 Å². The maximum atomic E-state index is 12.6. The number of aryl methyl sites for hydroxylation is 1. The predicted octanol–water partition coefficient (Wildman–Crippen LogP) is 3.57. The van der Waals surface area contributed by atoms with Gasteiger partial charge in [-0.1, -0.05) is 47.2 Å². The van der Waals surface area contributed by atoms with E-state index in [0.717, 1.165) is 16.9 Å². The molecule has 39 heavy (non-hydrogen) atoms. The number of methoxy groups -OCH3 is 1. The SMILES string of the molecule is COc1cc(C=NNC(=O)Cc2nnc(NC(=O)c3ccccc3)s2)ccc1OS(=O)(=O)c1ccc(C)cc1. The van der Waals surface area contributed by atoms with E-state index in [4.69, 9.17) is 8.92 Å². The Kier molecular flexibility index (Phi) is 8.63. The van der Waals surface area contributed by atoms with Gasteiger partial charge in [0.15, 0.2) is 11.5 Å². The number of aromatic nitrogens is 2. The number of amides is 2. The number of nitrogens with zero attached hydrogens (tertiary/aromatic N) is 3. The summed E-state index contributed by atoms with van der Waals surface area (Å²) < 4.78 is 35.7. The van der Waals surface area contributed by atoms with Crippen LogP contribution in [0.5, 0.6) is 11.5 Å². The van der Waals surface area contributed by atoms with Crippen molar-refractivity contribution in [2.75, 3.05) is 12.4 Å². The van der Waals surface area contributed by atoms with E-state index in [1.165, 1.54) is 37.6 Å². The van der Waals surface area contributed by atoms with Crippen LogP contribution in [0.4, 0.5) is 5.13 Å². The molecule has 4 aromatic rings. The molecule has 11 nitrogen and oxygen atoms in total. The number of hydrogen-bond acceptors (Lipinski definition) is 10. The van der Waals surface area contributed by atoms with Crippen molar-refractivity contribution in [3.8, 4) is 11.5 Å². The lowest BCUT2D eigenvalue weighted by Crippen LogP contribution is -2.19. The molecular weight excluding hydrogens is 542 g/mol. The molecule has 0 aliphatic rings. The Morgan fingerprint density at radius 3 is 2.46 bits per heavy atom.